The molecule has 0 aliphatic carbocycles. The van der Waals surface area contributed by atoms with E-state index >= 15 is 0 Å². The normalized spacial score (nSPS) is 10.1. The molecule has 0 fully saturated rings. The predicted octanol–water partition coefficient (Wildman–Crippen LogP) is 3.60. The molecular formula is C8H8BrClO. The number of aryl methyl sites for hydroxylation is 1. The Bertz CT molecular complexity index is 278. The summed E-state index contributed by atoms with van der Waals surface area (Å²) in [4.78, 5) is 0. The molecule has 0 aliphatic rings. The lowest BCUT2D eigenvalue weighted by atomic mass is 10.2. The van der Waals surface area contributed by atoms with Crippen LogP contribution >= 0.6 is 27.5 Å². The first-order valence-corrected chi connectivity index (χ1v) is 4.48. The molecule has 1 aromatic heterocycles. The van der Waals surface area contributed by atoms with Gasteiger partial charge in [0.25, 0.3) is 0 Å². The Kier molecular flexibility index (Phi) is 2.79. The molecule has 0 radical (unpaired) electrons. The number of alkyl halides is 1. The van der Waals surface area contributed by atoms with Crippen molar-refractivity contribution >= 4 is 33.1 Å². The highest BCUT2D eigenvalue weighted by Gasteiger charge is 2.07. The van der Waals surface area contributed by atoms with Crippen LogP contribution in [-0.2, 0) is 0 Å². The van der Waals surface area contributed by atoms with Gasteiger partial charge in [-0.1, -0.05) is 6.58 Å². The highest BCUT2D eigenvalue weighted by atomic mass is 79.9. The number of hydrogen-bond acceptors (Lipinski definition) is 1. The zero-order chi connectivity index (χ0) is 8.43. The zero-order valence-corrected chi connectivity index (χ0v) is 8.50. The molecule has 0 spiro atoms. The molecular weight excluding hydrogens is 227 g/mol. The van der Waals surface area contributed by atoms with Gasteiger partial charge < -0.3 is 4.42 Å². The number of hydrogen-bond donors (Lipinski definition) is 0. The second-order valence-corrected chi connectivity index (χ2v) is 3.35. The Hall–Kier alpha value is -0.210. The van der Waals surface area contributed by atoms with Crippen LogP contribution in [0.2, 0.25) is 0 Å². The average molecular weight is 236 g/mol. The molecule has 11 heavy (non-hydrogen) atoms. The van der Waals surface area contributed by atoms with Crippen molar-refractivity contribution in [3.8, 4) is 0 Å². The number of halogens is 2. The van der Waals surface area contributed by atoms with Crippen LogP contribution in [0.15, 0.2) is 21.7 Å². The summed E-state index contributed by atoms with van der Waals surface area (Å²) in [6.45, 7) is 5.73. The van der Waals surface area contributed by atoms with Gasteiger partial charge >= 0.3 is 0 Å². The maximum atomic E-state index is 5.59. The monoisotopic (exact) mass is 234 g/mol. The predicted molar refractivity (Wildman–Crippen MR) is 50.9 cm³/mol. The van der Waals surface area contributed by atoms with E-state index in [4.69, 9.17) is 16.0 Å². The summed E-state index contributed by atoms with van der Waals surface area (Å²) >= 11 is 8.82. The number of rotatable bonds is 2. The standard InChI is InChI=1S/C8H8BrClO/c1-5-3-7(9)11-8(5)6(2)4-10/h3H,2,4H2,1H3. The van der Waals surface area contributed by atoms with Crippen LogP contribution in [0.3, 0.4) is 0 Å². The molecule has 1 rings (SSSR count). The minimum atomic E-state index is 0.404. The molecule has 3 heteroatoms. The maximum Gasteiger partial charge on any atom is 0.170 e. The van der Waals surface area contributed by atoms with Gasteiger partial charge in [0.1, 0.15) is 5.76 Å². The van der Waals surface area contributed by atoms with E-state index < -0.39 is 0 Å². The molecule has 0 amide bonds. The SMILES string of the molecule is C=C(CCl)c1oc(Br)cc1C. The molecule has 0 aromatic carbocycles. The van der Waals surface area contributed by atoms with E-state index in [2.05, 4.69) is 22.5 Å². The zero-order valence-electron chi connectivity index (χ0n) is 6.16. The van der Waals surface area contributed by atoms with E-state index in [0.29, 0.717) is 5.88 Å². The van der Waals surface area contributed by atoms with Crippen LogP contribution in [0.4, 0.5) is 0 Å². The maximum absolute atomic E-state index is 5.59. The minimum Gasteiger partial charge on any atom is -0.449 e. The van der Waals surface area contributed by atoms with E-state index in [0.717, 1.165) is 21.6 Å². The smallest absolute Gasteiger partial charge is 0.170 e. The number of furan rings is 1. The molecule has 0 aliphatic heterocycles. The van der Waals surface area contributed by atoms with Crippen LogP contribution < -0.4 is 0 Å². The van der Waals surface area contributed by atoms with Crippen molar-refractivity contribution in [2.24, 2.45) is 0 Å². The van der Waals surface area contributed by atoms with Gasteiger partial charge in [0.05, 0.1) is 5.88 Å². The van der Waals surface area contributed by atoms with Crippen molar-refractivity contribution in [3.05, 3.63) is 28.6 Å². The molecule has 0 saturated carbocycles. The fourth-order valence-electron chi connectivity index (χ4n) is 0.855. The van der Waals surface area contributed by atoms with Crippen molar-refractivity contribution in [1.29, 1.82) is 0 Å². The minimum absolute atomic E-state index is 0.404. The first kappa shape index (κ1) is 8.88. The van der Waals surface area contributed by atoms with Gasteiger partial charge in [-0.2, -0.15) is 0 Å². The topological polar surface area (TPSA) is 13.1 Å². The quantitative estimate of drug-likeness (QED) is 0.714. The third kappa shape index (κ3) is 1.88. The van der Waals surface area contributed by atoms with Crippen LogP contribution in [0, 0.1) is 6.92 Å². The van der Waals surface area contributed by atoms with Gasteiger partial charge in [0, 0.05) is 5.57 Å². The second kappa shape index (κ2) is 3.46. The highest BCUT2D eigenvalue weighted by Crippen LogP contribution is 2.25. The van der Waals surface area contributed by atoms with Crippen molar-refractivity contribution in [3.63, 3.8) is 0 Å². The Morgan fingerprint density at radius 1 is 1.82 bits per heavy atom. The van der Waals surface area contributed by atoms with Crippen LogP contribution in [0.1, 0.15) is 11.3 Å². The lowest BCUT2D eigenvalue weighted by Gasteiger charge is -1.96. The molecule has 0 unspecified atom stereocenters. The van der Waals surface area contributed by atoms with Gasteiger partial charge in [0.15, 0.2) is 4.67 Å². The van der Waals surface area contributed by atoms with Crippen molar-refractivity contribution in [1.82, 2.24) is 0 Å². The summed E-state index contributed by atoms with van der Waals surface area (Å²) in [6, 6.07) is 1.90. The summed E-state index contributed by atoms with van der Waals surface area (Å²) < 4.78 is 6.02. The van der Waals surface area contributed by atoms with Gasteiger partial charge in [-0.05, 0) is 34.5 Å². The second-order valence-electron chi connectivity index (χ2n) is 2.30. The van der Waals surface area contributed by atoms with Crippen LogP contribution in [0.25, 0.3) is 5.57 Å². The van der Waals surface area contributed by atoms with E-state index in [9.17, 15) is 0 Å². The van der Waals surface area contributed by atoms with Gasteiger partial charge in [-0.25, -0.2) is 0 Å². The molecule has 0 bridgehead atoms. The van der Waals surface area contributed by atoms with E-state index in [1.807, 2.05) is 13.0 Å². The Morgan fingerprint density at radius 3 is 2.82 bits per heavy atom. The van der Waals surface area contributed by atoms with Crippen molar-refractivity contribution in [2.45, 2.75) is 6.92 Å². The van der Waals surface area contributed by atoms with Crippen LogP contribution in [0.5, 0.6) is 0 Å². The summed E-state index contributed by atoms with van der Waals surface area (Å²) in [6.07, 6.45) is 0. The Morgan fingerprint density at radius 2 is 2.45 bits per heavy atom. The first-order chi connectivity index (χ1) is 5.15. The lowest BCUT2D eigenvalue weighted by molar-refractivity contribution is 0.526. The molecule has 0 atom stereocenters. The Labute approximate surface area is 79.2 Å². The largest absolute Gasteiger partial charge is 0.449 e. The van der Waals surface area contributed by atoms with E-state index in [-0.39, 0.29) is 0 Å². The molecule has 0 saturated heterocycles. The van der Waals surface area contributed by atoms with Crippen LogP contribution in [-0.4, -0.2) is 5.88 Å². The third-order valence-corrected chi connectivity index (χ3v) is 2.08. The van der Waals surface area contributed by atoms with Crippen molar-refractivity contribution in [2.75, 3.05) is 5.88 Å². The summed E-state index contributed by atoms with van der Waals surface area (Å²) in [5, 5.41) is 0. The fourth-order valence-corrected chi connectivity index (χ4v) is 1.48. The highest BCUT2D eigenvalue weighted by molar-refractivity contribution is 9.10. The average Bonchev–Trinajstić information content (AvgIpc) is 2.28. The molecule has 1 aromatic rings. The lowest BCUT2D eigenvalue weighted by Crippen LogP contribution is -1.82. The first-order valence-electron chi connectivity index (χ1n) is 3.15. The van der Waals surface area contributed by atoms with Crippen molar-refractivity contribution < 1.29 is 4.42 Å². The fraction of sp³-hybridized carbons (Fsp3) is 0.250. The van der Waals surface area contributed by atoms with Gasteiger partial charge in [0.2, 0.25) is 0 Å². The van der Waals surface area contributed by atoms with E-state index in [1.54, 1.807) is 0 Å². The third-order valence-electron chi connectivity index (χ3n) is 1.37. The number of allylic oxidation sites excluding steroid dienone is 1. The summed E-state index contributed by atoms with van der Waals surface area (Å²) in [5.41, 5.74) is 1.87. The summed E-state index contributed by atoms with van der Waals surface area (Å²) in [5.74, 6) is 1.19. The van der Waals surface area contributed by atoms with Gasteiger partial charge in [-0.3, -0.25) is 0 Å². The van der Waals surface area contributed by atoms with Gasteiger partial charge in [-0.15, -0.1) is 11.6 Å². The molecule has 60 valence electrons. The molecule has 1 heterocycles. The molecule has 1 nitrogen and oxygen atoms in total. The molecule has 0 N–H and O–H groups in total. The summed E-state index contributed by atoms with van der Waals surface area (Å²) in [7, 11) is 0. The van der Waals surface area contributed by atoms with E-state index in [1.165, 1.54) is 0 Å². The Balaban J connectivity index is 3.03.